The number of thiophene rings is 1. The Kier molecular flexibility index (Phi) is 5.44. The Bertz CT molecular complexity index is 1370. The standard InChI is InChI=1S/C25H23N3O3S2/c29-20(16-5-2-1-3-6-16)15-32-25-26-23-22(24(30)28(25)17-8-9-17)19-10-11-27(14-21(19)33-23)13-18-7-4-12-31-18/h1-7,12,17H,8-11,13-15H2. The van der Waals surface area contributed by atoms with Crippen LogP contribution in [0, 0.1) is 0 Å². The average Bonchev–Trinajstić information content (AvgIpc) is 3.40. The molecule has 2 aliphatic rings. The minimum absolute atomic E-state index is 0.0522. The maximum absolute atomic E-state index is 13.6. The van der Waals surface area contributed by atoms with Crippen LogP contribution in [0.4, 0.5) is 0 Å². The van der Waals surface area contributed by atoms with E-state index in [4.69, 9.17) is 9.40 Å². The first-order chi connectivity index (χ1) is 16.2. The summed E-state index contributed by atoms with van der Waals surface area (Å²) in [4.78, 5) is 35.6. The molecule has 1 aromatic carbocycles. The number of carbonyl (C=O) groups is 1. The van der Waals surface area contributed by atoms with Gasteiger partial charge in [-0.15, -0.1) is 11.3 Å². The van der Waals surface area contributed by atoms with Crippen molar-refractivity contribution in [3.63, 3.8) is 0 Å². The number of Topliss-reactive ketones (excluding diaryl/α,β-unsaturated/α-hetero) is 1. The van der Waals surface area contributed by atoms with Crippen molar-refractivity contribution in [1.82, 2.24) is 14.5 Å². The van der Waals surface area contributed by atoms with E-state index >= 15 is 0 Å². The molecule has 0 bridgehead atoms. The van der Waals surface area contributed by atoms with Crippen LogP contribution in [0.5, 0.6) is 0 Å². The normalized spacial score (nSPS) is 16.2. The second-order valence-corrected chi connectivity index (χ2v) is 10.6. The predicted molar refractivity (Wildman–Crippen MR) is 130 cm³/mol. The topological polar surface area (TPSA) is 68.3 Å². The van der Waals surface area contributed by atoms with Gasteiger partial charge < -0.3 is 4.42 Å². The summed E-state index contributed by atoms with van der Waals surface area (Å²) < 4.78 is 7.37. The van der Waals surface area contributed by atoms with E-state index in [-0.39, 0.29) is 23.1 Å². The fourth-order valence-electron chi connectivity index (χ4n) is 4.44. The molecule has 0 saturated heterocycles. The number of ketones is 1. The molecule has 0 spiro atoms. The van der Waals surface area contributed by atoms with Crippen molar-refractivity contribution >= 4 is 39.1 Å². The number of fused-ring (bicyclic) bond motifs is 3. The Morgan fingerprint density at radius 3 is 2.79 bits per heavy atom. The van der Waals surface area contributed by atoms with Gasteiger partial charge >= 0.3 is 0 Å². The molecule has 4 heterocycles. The highest BCUT2D eigenvalue weighted by Gasteiger charge is 2.31. The van der Waals surface area contributed by atoms with E-state index in [0.29, 0.717) is 10.7 Å². The van der Waals surface area contributed by atoms with Crippen LogP contribution in [0.1, 0.15) is 45.4 Å². The lowest BCUT2D eigenvalue weighted by molar-refractivity contribution is 0.102. The summed E-state index contributed by atoms with van der Waals surface area (Å²) in [6.45, 7) is 2.46. The minimum Gasteiger partial charge on any atom is -0.468 e. The zero-order chi connectivity index (χ0) is 22.4. The van der Waals surface area contributed by atoms with Gasteiger partial charge in [-0.3, -0.25) is 19.1 Å². The van der Waals surface area contributed by atoms with E-state index in [1.807, 2.05) is 47.0 Å². The van der Waals surface area contributed by atoms with E-state index in [0.717, 1.165) is 60.4 Å². The zero-order valence-corrected chi connectivity index (χ0v) is 19.7. The van der Waals surface area contributed by atoms with Crippen molar-refractivity contribution in [1.29, 1.82) is 0 Å². The van der Waals surface area contributed by atoms with Gasteiger partial charge in [-0.05, 0) is 37.0 Å². The van der Waals surface area contributed by atoms with E-state index < -0.39 is 0 Å². The lowest BCUT2D eigenvalue weighted by Crippen LogP contribution is -2.30. The molecular weight excluding hydrogens is 454 g/mol. The molecule has 4 aromatic rings. The molecule has 0 N–H and O–H groups in total. The Balaban J connectivity index is 1.31. The molecule has 6 rings (SSSR count). The van der Waals surface area contributed by atoms with Crippen LogP contribution in [-0.4, -0.2) is 32.5 Å². The van der Waals surface area contributed by atoms with Crippen molar-refractivity contribution in [3.8, 4) is 0 Å². The van der Waals surface area contributed by atoms with Crippen molar-refractivity contribution in [3.05, 3.63) is 80.8 Å². The molecule has 1 fully saturated rings. The Morgan fingerprint density at radius 1 is 1.18 bits per heavy atom. The summed E-state index contributed by atoms with van der Waals surface area (Å²) >= 11 is 3.00. The quantitative estimate of drug-likeness (QED) is 0.214. The second kappa shape index (κ2) is 8.59. The first-order valence-corrected chi connectivity index (χ1v) is 13.0. The molecule has 1 saturated carbocycles. The molecule has 0 atom stereocenters. The van der Waals surface area contributed by atoms with Crippen molar-refractivity contribution < 1.29 is 9.21 Å². The maximum atomic E-state index is 13.6. The fourth-order valence-corrected chi connectivity index (χ4v) is 6.71. The summed E-state index contributed by atoms with van der Waals surface area (Å²) in [7, 11) is 0. The Morgan fingerprint density at radius 2 is 2.03 bits per heavy atom. The number of aromatic nitrogens is 2. The number of thioether (sulfide) groups is 1. The molecule has 0 radical (unpaired) electrons. The summed E-state index contributed by atoms with van der Waals surface area (Å²) in [5, 5.41) is 1.46. The van der Waals surface area contributed by atoms with Crippen LogP contribution in [-0.2, 0) is 19.5 Å². The van der Waals surface area contributed by atoms with Crippen LogP contribution < -0.4 is 5.56 Å². The third-order valence-electron chi connectivity index (χ3n) is 6.25. The zero-order valence-electron chi connectivity index (χ0n) is 18.0. The Hall–Kier alpha value is -2.68. The summed E-state index contributed by atoms with van der Waals surface area (Å²) in [6.07, 6.45) is 4.54. The molecule has 33 heavy (non-hydrogen) atoms. The number of benzene rings is 1. The van der Waals surface area contributed by atoms with E-state index in [9.17, 15) is 9.59 Å². The highest BCUT2D eigenvalue weighted by atomic mass is 32.2. The first-order valence-electron chi connectivity index (χ1n) is 11.2. The van der Waals surface area contributed by atoms with Crippen LogP contribution in [0.25, 0.3) is 10.2 Å². The van der Waals surface area contributed by atoms with Gasteiger partial charge in [0.25, 0.3) is 5.56 Å². The van der Waals surface area contributed by atoms with Gasteiger partial charge in [-0.25, -0.2) is 4.98 Å². The minimum atomic E-state index is 0.0522. The number of rotatable bonds is 7. The Labute approximate surface area is 199 Å². The van der Waals surface area contributed by atoms with E-state index in [1.54, 1.807) is 17.6 Å². The van der Waals surface area contributed by atoms with Crippen molar-refractivity contribution in [2.75, 3.05) is 12.3 Å². The van der Waals surface area contributed by atoms with Crippen LogP contribution >= 0.6 is 23.1 Å². The lowest BCUT2D eigenvalue weighted by Gasteiger charge is -2.25. The fraction of sp³-hybridized carbons (Fsp3) is 0.320. The monoisotopic (exact) mass is 477 g/mol. The van der Waals surface area contributed by atoms with E-state index in [1.165, 1.54) is 16.6 Å². The summed E-state index contributed by atoms with van der Waals surface area (Å²) in [6, 6.07) is 13.4. The van der Waals surface area contributed by atoms with Gasteiger partial charge in [0, 0.05) is 29.6 Å². The first kappa shape index (κ1) is 20.9. The highest BCUT2D eigenvalue weighted by molar-refractivity contribution is 7.99. The summed E-state index contributed by atoms with van der Waals surface area (Å²) in [5.74, 6) is 1.28. The van der Waals surface area contributed by atoms with E-state index in [2.05, 4.69) is 4.90 Å². The molecular formula is C25H23N3O3S2. The number of nitrogens with zero attached hydrogens (tertiary/aromatic N) is 3. The molecule has 0 amide bonds. The maximum Gasteiger partial charge on any atom is 0.263 e. The average molecular weight is 478 g/mol. The van der Waals surface area contributed by atoms with Gasteiger partial charge in [0.15, 0.2) is 10.9 Å². The van der Waals surface area contributed by atoms with Crippen LogP contribution in [0.2, 0.25) is 0 Å². The van der Waals surface area contributed by atoms with Gasteiger partial charge in [0.2, 0.25) is 0 Å². The number of furan rings is 1. The van der Waals surface area contributed by atoms with Gasteiger partial charge in [0.1, 0.15) is 10.6 Å². The third-order valence-corrected chi connectivity index (χ3v) is 8.32. The summed E-state index contributed by atoms with van der Waals surface area (Å²) in [5.41, 5.74) is 1.92. The van der Waals surface area contributed by atoms with Crippen molar-refractivity contribution in [2.45, 2.75) is 43.6 Å². The molecule has 168 valence electrons. The van der Waals surface area contributed by atoms with Crippen molar-refractivity contribution in [2.24, 2.45) is 0 Å². The number of carbonyl (C=O) groups excluding carboxylic acids is 1. The number of hydrogen-bond acceptors (Lipinski definition) is 7. The van der Waals surface area contributed by atoms with Gasteiger partial charge in [0.05, 0.1) is 23.9 Å². The van der Waals surface area contributed by atoms with Gasteiger partial charge in [-0.1, -0.05) is 42.1 Å². The van der Waals surface area contributed by atoms with Gasteiger partial charge in [-0.2, -0.15) is 0 Å². The number of hydrogen-bond donors (Lipinski definition) is 0. The second-order valence-electron chi connectivity index (χ2n) is 8.60. The highest BCUT2D eigenvalue weighted by Crippen LogP contribution is 2.39. The molecule has 1 aliphatic heterocycles. The smallest absolute Gasteiger partial charge is 0.263 e. The third kappa shape index (κ3) is 4.07. The predicted octanol–water partition coefficient (Wildman–Crippen LogP) is 4.92. The molecule has 1 aliphatic carbocycles. The van der Waals surface area contributed by atoms with Crippen LogP contribution in [0.3, 0.4) is 0 Å². The lowest BCUT2D eigenvalue weighted by atomic mass is 10.1. The molecule has 8 heteroatoms. The largest absolute Gasteiger partial charge is 0.468 e. The molecule has 0 unspecified atom stereocenters. The molecule has 6 nitrogen and oxygen atoms in total. The SMILES string of the molecule is O=C(CSc1nc2sc3c(c2c(=O)n1C1CC1)CCN(Cc1ccco1)C3)c1ccccc1. The molecule has 3 aromatic heterocycles. The van der Waals surface area contributed by atoms with Crippen LogP contribution in [0.15, 0.2) is 63.1 Å².